The van der Waals surface area contributed by atoms with E-state index in [4.69, 9.17) is 29.2 Å². The van der Waals surface area contributed by atoms with Crippen molar-refractivity contribution in [1.29, 1.82) is 0 Å². The molecule has 4 heterocycles. The van der Waals surface area contributed by atoms with Crippen LogP contribution in [0, 0.1) is 0 Å². The van der Waals surface area contributed by atoms with Crippen LogP contribution in [0.2, 0.25) is 0 Å². The summed E-state index contributed by atoms with van der Waals surface area (Å²) in [5, 5.41) is 2.62. The number of fused-ring (bicyclic) bond motifs is 6. The zero-order valence-electron chi connectivity index (χ0n) is 30.8. The highest BCUT2D eigenvalue weighted by Crippen LogP contribution is 2.31. The van der Waals surface area contributed by atoms with Crippen LogP contribution in [0.4, 0.5) is 0 Å². The molecule has 0 atom stereocenters. The third kappa shape index (κ3) is 5.07. The molecule has 0 aliphatic heterocycles. The van der Waals surface area contributed by atoms with Crippen LogP contribution in [-0.4, -0.2) is 50.0 Å². The number of para-hydroxylation sites is 3. The number of benzene rings is 6. The fraction of sp³-hybridized carbons (Fsp3) is 0.0667. The van der Waals surface area contributed by atoms with Crippen molar-refractivity contribution in [2.45, 2.75) is 0 Å². The third-order valence-corrected chi connectivity index (χ3v) is 10.4. The second-order valence-corrected chi connectivity index (χ2v) is 13.4. The normalized spacial score (nSPS) is 11.6. The monoisotopic (exact) mass is 750 g/mol. The minimum absolute atomic E-state index is 0.155. The molecule has 12 heteroatoms. The summed E-state index contributed by atoms with van der Waals surface area (Å²) in [5.41, 5.74) is 2.61. The van der Waals surface area contributed by atoms with Crippen LogP contribution in [0.25, 0.3) is 83.3 Å². The fourth-order valence-electron chi connectivity index (χ4n) is 7.74. The molecule has 0 aliphatic carbocycles. The van der Waals surface area contributed by atoms with Crippen LogP contribution < -0.4 is 30.5 Å². The number of hydrogen-bond acceptors (Lipinski definition) is 9. The average molecular weight is 751 g/mol. The van der Waals surface area contributed by atoms with Gasteiger partial charge in [0.05, 0.1) is 54.4 Å². The first-order chi connectivity index (χ1) is 27.9. The van der Waals surface area contributed by atoms with E-state index in [1.54, 1.807) is 94.1 Å². The first-order valence-electron chi connectivity index (χ1n) is 18.0. The van der Waals surface area contributed by atoms with Crippen LogP contribution in [0.5, 0.6) is 17.2 Å². The number of methoxy groups -OCH3 is 3. The zero-order valence-corrected chi connectivity index (χ0v) is 30.8. The summed E-state index contributed by atoms with van der Waals surface area (Å²) in [6.45, 7) is 0. The van der Waals surface area contributed by atoms with Crippen molar-refractivity contribution in [3.63, 3.8) is 0 Å². The molecule has 0 aliphatic rings. The maximum absolute atomic E-state index is 14.0. The Morgan fingerprint density at radius 2 is 0.614 bits per heavy atom. The minimum atomic E-state index is -0.164. The predicted octanol–water partition coefficient (Wildman–Crippen LogP) is 7.27. The minimum Gasteiger partial charge on any atom is -0.497 e. The molecular formula is C45H30N6O6. The van der Waals surface area contributed by atoms with E-state index in [0.29, 0.717) is 82.7 Å². The van der Waals surface area contributed by atoms with Gasteiger partial charge in [-0.2, -0.15) is 15.0 Å². The van der Waals surface area contributed by atoms with Gasteiger partial charge in [-0.25, -0.2) is 0 Å². The lowest BCUT2D eigenvalue weighted by Crippen LogP contribution is -2.19. The topological polar surface area (TPSA) is 132 Å². The standard InChI is InChI=1S/C45H30N6O6/c1-55-25-16-19-31-37(22-25)49(34-13-7-4-10-28(34)40(31)52)43-46-44(50-35-14-8-5-11-29(35)41(53)32-20-17-26(56-2)23-38(32)50)48-45(47-43)51-36-15-9-6-12-30(36)42(54)33-21-18-27(57-3)24-39(33)51/h4-24H,1-3H3. The molecule has 12 nitrogen and oxygen atoms in total. The van der Waals surface area contributed by atoms with Gasteiger partial charge in [-0.1, -0.05) is 36.4 Å². The second kappa shape index (κ2) is 12.9. The summed E-state index contributed by atoms with van der Waals surface area (Å²) in [4.78, 5) is 57.7. The summed E-state index contributed by atoms with van der Waals surface area (Å²) >= 11 is 0. The molecule has 10 aromatic rings. The maximum Gasteiger partial charge on any atom is 0.241 e. The Kier molecular flexibility index (Phi) is 7.61. The van der Waals surface area contributed by atoms with Gasteiger partial charge in [0, 0.05) is 50.5 Å². The van der Waals surface area contributed by atoms with Crippen molar-refractivity contribution < 1.29 is 14.2 Å². The van der Waals surface area contributed by atoms with E-state index >= 15 is 0 Å². The molecule has 0 amide bonds. The van der Waals surface area contributed by atoms with E-state index in [2.05, 4.69) is 0 Å². The molecule has 0 unspecified atom stereocenters. The summed E-state index contributed by atoms with van der Waals surface area (Å²) in [6, 6.07) is 37.5. The van der Waals surface area contributed by atoms with E-state index in [-0.39, 0.29) is 34.1 Å². The molecular weight excluding hydrogens is 721 g/mol. The van der Waals surface area contributed by atoms with E-state index in [0.717, 1.165) is 0 Å². The van der Waals surface area contributed by atoms with Crippen molar-refractivity contribution in [3.8, 4) is 35.1 Å². The molecule has 10 rings (SSSR count). The molecule has 0 N–H and O–H groups in total. The molecule has 6 aromatic carbocycles. The van der Waals surface area contributed by atoms with Gasteiger partial charge in [0.2, 0.25) is 17.8 Å². The lowest BCUT2D eigenvalue weighted by molar-refractivity contribution is 0.415. The van der Waals surface area contributed by atoms with Gasteiger partial charge >= 0.3 is 0 Å². The van der Waals surface area contributed by atoms with Crippen LogP contribution in [0.1, 0.15) is 0 Å². The third-order valence-electron chi connectivity index (χ3n) is 10.4. The van der Waals surface area contributed by atoms with Gasteiger partial charge < -0.3 is 14.2 Å². The van der Waals surface area contributed by atoms with Crippen molar-refractivity contribution in [1.82, 2.24) is 28.7 Å². The van der Waals surface area contributed by atoms with Gasteiger partial charge in [0.1, 0.15) is 17.2 Å². The zero-order chi connectivity index (χ0) is 38.9. The molecule has 0 spiro atoms. The highest BCUT2D eigenvalue weighted by Gasteiger charge is 2.23. The van der Waals surface area contributed by atoms with Crippen LogP contribution in [0.3, 0.4) is 0 Å². The van der Waals surface area contributed by atoms with Crippen molar-refractivity contribution in [2.75, 3.05) is 21.3 Å². The molecule has 0 fully saturated rings. The van der Waals surface area contributed by atoms with Gasteiger partial charge in [0.25, 0.3) is 0 Å². The first-order valence-corrected chi connectivity index (χ1v) is 18.0. The van der Waals surface area contributed by atoms with E-state index in [1.165, 1.54) is 0 Å². The van der Waals surface area contributed by atoms with Gasteiger partial charge in [-0.05, 0) is 72.8 Å². The van der Waals surface area contributed by atoms with E-state index in [1.807, 2.05) is 68.3 Å². The lowest BCUT2D eigenvalue weighted by Gasteiger charge is -2.20. The maximum atomic E-state index is 14.0. The van der Waals surface area contributed by atoms with E-state index < -0.39 is 0 Å². The average Bonchev–Trinajstić information content (AvgIpc) is 3.26. The number of nitrogens with zero attached hydrogens (tertiary/aromatic N) is 6. The lowest BCUT2D eigenvalue weighted by atomic mass is 10.1. The molecule has 57 heavy (non-hydrogen) atoms. The van der Waals surface area contributed by atoms with Gasteiger partial charge in [-0.3, -0.25) is 28.1 Å². The highest BCUT2D eigenvalue weighted by atomic mass is 16.5. The molecule has 0 saturated heterocycles. The van der Waals surface area contributed by atoms with Crippen LogP contribution in [-0.2, 0) is 0 Å². The first kappa shape index (κ1) is 33.7. The number of aromatic nitrogens is 6. The summed E-state index contributed by atoms with van der Waals surface area (Å²) in [6.07, 6.45) is 0. The molecule has 0 saturated carbocycles. The number of pyridine rings is 3. The van der Waals surface area contributed by atoms with Crippen molar-refractivity contribution in [3.05, 3.63) is 158 Å². The molecule has 0 bridgehead atoms. The quantitative estimate of drug-likeness (QED) is 0.161. The summed E-state index contributed by atoms with van der Waals surface area (Å²) in [7, 11) is 4.68. The Morgan fingerprint density at radius 1 is 0.351 bits per heavy atom. The number of rotatable bonds is 6. The fourth-order valence-corrected chi connectivity index (χ4v) is 7.74. The largest absolute Gasteiger partial charge is 0.497 e. The SMILES string of the molecule is COc1ccc2c(=O)c3ccccc3n(-c3nc(-n4c5ccccc5c(=O)c5ccc(OC)cc54)nc(-n4c5ccccc5c(=O)c5ccc(OC)cc54)n3)c2c1. The Morgan fingerprint density at radius 3 is 0.895 bits per heavy atom. The van der Waals surface area contributed by atoms with Crippen molar-refractivity contribution >= 4 is 65.4 Å². The van der Waals surface area contributed by atoms with Crippen LogP contribution in [0.15, 0.2) is 142 Å². The molecule has 4 aromatic heterocycles. The van der Waals surface area contributed by atoms with Gasteiger partial charge in [-0.15, -0.1) is 0 Å². The molecule has 276 valence electrons. The predicted molar refractivity (Wildman–Crippen MR) is 221 cm³/mol. The molecule has 0 radical (unpaired) electrons. The number of hydrogen-bond donors (Lipinski definition) is 0. The highest BCUT2D eigenvalue weighted by molar-refractivity contribution is 5.98. The summed E-state index contributed by atoms with van der Waals surface area (Å²) in [5.74, 6) is 2.03. The van der Waals surface area contributed by atoms with Crippen molar-refractivity contribution in [2.24, 2.45) is 0 Å². The smallest absolute Gasteiger partial charge is 0.241 e. The van der Waals surface area contributed by atoms with Gasteiger partial charge in [0.15, 0.2) is 16.3 Å². The Balaban J connectivity index is 1.45. The Hall–Kier alpha value is -7.86. The van der Waals surface area contributed by atoms with Crippen LogP contribution >= 0.6 is 0 Å². The summed E-state index contributed by atoms with van der Waals surface area (Å²) < 4.78 is 22.4. The second-order valence-electron chi connectivity index (χ2n) is 13.4. The van der Waals surface area contributed by atoms with E-state index in [9.17, 15) is 14.4 Å². The Labute approximate surface area is 322 Å². The number of ether oxygens (including phenoxy) is 3. The Bertz CT molecular complexity index is 3140.